The summed E-state index contributed by atoms with van der Waals surface area (Å²) in [6, 6.07) is 16.4. The normalized spacial score (nSPS) is 12.4. The summed E-state index contributed by atoms with van der Waals surface area (Å²) in [5.74, 6) is 1.49. The minimum Gasteiger partial charge on any atom is -0.401 e. The van der Waals surface area contributed by atoms with Crippen molar-refractivity contribution in [3.63, 3.8) is 0 Å². The molecule has 5 heterocycles. The summed E-state index contributed by atoms with van der Waals surface area (Å²) in [4.78, 5) is 33.0. The van der Waals surface area contributed by atoms with Gasteiger partial charge in [-0.25, -0.2) is 29.9 Å². The number of fused-ring (bicyclic) bond motifs is 1. The second-order valence-corrected chi connectivity index (χ2v) is 10.1. The predicted molar refractivity (Wildman–Crippen MR) is 149 cm³/mol. The smallest absolute Gasteiger partial charge is 0.401 e. The van der Waals surface area contributed by atoms with E-state index in [0.29, 0.717) is 19.6 Å². The average Bonchev–Trinajstić information content (AvgIpc) is 3.62. The van der Waals surface area contributed by atoms with E-state index in [4.69, 9.17) is 9.97 Å². The third-order valence-electron chi connectivity index (χ3n) is 6.51. The number of benzene rings is 1. The van der Waals surface area contributed by atoms with Crippen molar-refractivity contribution in [2.45, 2.75) is 26.1 Å². The maximum Gasteiger partial charge on any atom is 1.00 e. The molecule has 0 bridgehead atoms. The van der Waals surface area contributed by atoms with E-state index in [0.717, 1.165) is 52.4 Å². The maximum absolute atomic E-state index is 4.96. The van der Waals surface area contributed by atoms with Crippen molar-refractivity contribution in [3.8, 4) is 21.1 Å². The van der Waals surface area contributed by atoms with Gasteiger partial charge in [0.2, 0.25) is 0 Å². The van der Waals surface area contributed by atoms with Gasteiger partial charge < -0.3 is 11.8 Å². The van der Waals surface area contributed by atoms with Crippen LogP contribution in [0.15, 0.2) is 79.5 Å². The third kappa shape index (κ3) is 6.57. The average molecular weight is 543 g/mol. The van der Waals surface area contributed by atoms with Gasteiger partial charge in [-0.1, -0.05) is 12.1 Å². The Balaban J connectivity index is 0.00000308. The number of hydrogen-bond donors (Lipinski definition) is 0. The maximum atomic E-state index is 4.96. The molecule has 0 N–H and O–H groups in total. The fraction of sp³-hybridized carbons (Fsp3) is 0.207. The number of nitrogens with zero attached hydrogens (tertiary/aromatic N) is 8. The number of rotatable bonds is 9. The van der Waals surface area contributed by atoms with Crippen LogP contribution in [0.2, 0.25) is 0 Å². The molecule has 1 aliphatic rings. The van der Waals surface area contributed by atoms with E-state index >= 15 is 0 Å². The molecule has 0 radical (unpaired) electrons. The van der Waals surface area contributed by atoms with Gasteiger partial charge in [0.15, 0.2) is 0 Å². The number of aromatic nitrogens is 6. The van der Waals surface area contributed by atoms with Crippen molar-refractivity contribution in [3.05, 3.63) is 109 Å². The van der Waals surface area contributed by atoms with E-state index in [2.05, 4.69) is 54.9 Å². The first-order chi connectivity index (χ1) is 18.7. The Kier molecular flexibility index (Phi) is 9.06. The number of anilines is 1. The second-order valence-electron chi connectivity index (χ2n) is 9.10. The summed E-state index contributed by atoms with van der Waals surface area (Å²) in [5, 5.41) is 0.908. The SMILES string of the molecule is [CH2-]CN1CCc2cc(-c3cnc(-c4cccc(CN(Cc5ncccn5)Cc5ncccn5)n4)s3)ccc21.[Na+]. The van der Waals surface area contributed by atoms with Gasteiger partial charge in [0.05, 0.1) is 29.4 Å². The summed E-state index contributed by atoms with van der Waals surface area (Å²) in [5.41, 5.74) is 5.69. The number of hydrogen-bond acceptors (Lipinski definition) is 9. The van der Waals surface area contributed by atoms with Crippen LogP contribution in [-0.4, -0.2) is 47.9 Å². The Morgan fingerprint density at radius 2 is 1.56 bits per heavy atom. The van der Waals surface area contributed by atoms with Gasteiger partial charge in [-0.15, -0.1) is 17.9 Å². The van der Waals surface area contributed by atoms with Crippen molar-refractivity contribution in [1.29, 1.82) is 0 Å². The Bertz CT molecular complexity index is 1470. The Hall–Kier alpha value is -3.08. The second kappa shape index (κ2) is 12.8. The van der Waals surface area contributed by atoms with E-state index in [1.54, 1.807) is 36.1 Å². The first-order valence-electron chi connectivity index (χ1n) is 12.6. The number of pyridine rings is 1. The van der Waals surface area contributed by atoms with Gasteiger partial charge in [-0.05, 0) is 53.9 Å². The van der Waals surface area contributed by atoms with Crippen LogP contribution >= 0.6 is 11.3 Å². The molecule has 1 aliphatic heterocycles. The van der Waals surface area contributed by atoms with Gasteiger partial charge in [-0.2, -0.15) is 0 Å². The van der Waals surface area contributed by atoms with Gasteiger partial charge in [0, 0.05) is 49.8 Å². The molecule has 0 saturated carbocycles. The molecule has 0 atom stereocenters. The molecule has 190 valence electrons. The van der Waals surface area contributed by atoms with Crippen LogP contribution in [0.5, 0.6) is 0 Å². The van der Waals surface area contributed by atoms with E-state index < -0.39 is 0 Å². The van der Waals surface area contributed by atoms with E-state index in [9.17, 15) is 0 Å². The molecule has 6 rings (SSSR count). The molecule has 39 heavy (non-hydrogen) atoms. The summed E-state index contributed by atoms with van der Waals surface area (Å²) >= 11 is 1.67. The van der Waals surface area contributed by atoms with Crippen LogP contribution in [0.4, 0.5) is 5.69 Å². The van der Waals surface area contributed by atoms with Crippen LogP contribution in [-0.2, 0) is 26.1 Å². The largest absolute Gasteiger partial charge is 1.00 e. The monoisotopic (exact) mass is 542 g/mol. The Morgan fingerprint density at radius 1 is 0.846 bits per heavy atom. The Labute approximate surface area is 254 Å². The summed E-state index contributed by atoms with van der Waals surface area (Å²) in [6.07, 6.45) is 10.1. The molecule has 0 saturated heterocycles. The molecule has 4 aromatic heterocycles. The molecule has 1 aromatic carbocycles. The molecule has 0 unspecified atom stereocenters. The van der Waals surface area contributed by atoms with E-state index in [1.165, 1.54) is 16.8 Å². The minimum atomic E-state index is 0. The molecule has 0 amide bonds. The van der Waals surface area contributed by atoms with Crippen molar-refractivity contribution in [2.75, 3.05) is 18.0 Å². The van der Waals surface area contributed by atoms with Crippen LogP contribution in [0.1, 0.15) is 22.9 Å². The van der Waals surface area contributed by atoms with Crippen LogP contribution in [0, 0.1) is 6.92 Å². The van der Waals surface area contributed by atoms with Crippen molar-refractivity contribution >= 4 is 17.0 Å². The fourth-order valence-electron chi connectivity index (χ4n) is 4.69. The zero-order valence-electron chi connectivity index (χ0n) is 21.9. The predicted octanol–water partition coefficient (Wildman–Crippen LogP) is 1.86. The number of thiazole rings is 1. The zero-order valence-corrected chi connectivity index (χ0v) is 24.8. The first kappa shape index (κ1) is 27.5. The van der Waals surface area contributed by atoms with Crippen molar-refractivity contribution < 1.29 is 29.6 Å². The molecule has 0 aliphatic carbocycles. The van der Waals surface area contributed by atoms with Crippen molar-refractivity contribution in [1.82, 2.24) is 34.8 Å². The van der Waals surface area contributed by atoms with Crippen molar-refractivity contribution in [2.24, 2.45) is 0 Å². The molecular weight excluding hydrogens is 515 g/mol. The quantitative estimate of drug-likeness (QED) is 0.206. The zero-order chi connectivity index (χ0) is 25.7. The third-order valence-corrected chi connectivity index (χ3v) is 7.58. The standard InChI is InChI=1S/C29H27N8S.Na/c1-2-37-15-10-21-16-22(8-9-25(21)37)26-17-34-29(38-26)24-7-3-6-23(35-24)18-36(19-27-30-11-4-12-31-27)20-28-32-13-5-14-33-28;/h3-9,11-14,16-17H,1-2,10,15,18-20H2;/q-1;+1. The van der Waals surface area contributed by atoms with Gasteiger partial charge in [0.1, 0.15) is 16.7 Å². The van der Waals surface area contributed by atoms with E-state index in [-0.39, 0.29) is 29.6 Å². The Morgan fingerprint density at radius 3 is 2.26 bits per heavy atom. The van der Waals surface area contributed by atoms with Gasteiger partial charge in [-0.3, -0.25) is 4.90 Å². The van der Waals surface area contributed by atoms with Crippen LogP contribution in [0.3, 0.4) is 0 Å². The summed E-state index contributed by atoms with van der Waals surface area (Å²) < 4.78 is 0. The van der Waals surface area contributed by atoms with Crippen LogP contribution in [0.25, 0.3) is 21.1 Å². The first-order valence-corrected chi connectivity index (χ1v) is 13.4. The topological polar surface area (TPSA) is 83.8 Å². The summed E-state index contributed by atoms with van der Waals surface area (Å²) in [7, 11) is 0. The summed E-state index contributed by atoms with van der Waals surface area (Å²) in [6.45, 7) is 7.62. The molecule has 10 heteroatoms. The molecule has 0 spiro atoms. The minimum absolute atomic E-state index is 0. The fourth-order valence-corrected chi connectivity index (χ4v) is 5.57. The van der Waals surface area contributed by atoms with E-state index in [1.807, 2.05) is 36.5 Å². The molecule has 5 aromatic rings. The van der Waals surface area contributed by atoms with Gasteiger partial charge >= 0.3 is 29.6 Å². The molecule has 0 fully saturated rings. The molecular formula is C29H27N8NaS. The molecule has 8 nitrogen and oxygen atoms in total. The van der Waals surface area contributed by atoms with Crippen LogP contribution < -0.4 is 34.5 Å². The van der Waals surface area contributed by atoms with Gasteiger partial charge in [0.25, 0.3) is 0 Å².